The normalized spacial score (nSPS) is 11.3. The number of amides is 2. The van der Waals surface area contributed by atoms with Gasteiger partial charge in [0, 0.05) is 11.6 Å². The maximum absolute atomic E-state index is 10.7. The van der Waals surface area contributed by atoms with Gasteiger partial charge in [0.05, 0.1) is 0 Å². The predicted molar refractivity (Wildman–Crippen MR) is 47.3 cm³/mol. The second kappa shape index (κ2) is 4.03. The van der Waals surface area contributed by atoms with Gasteiger partial charge in [-0.05, 0) is 0 Å². The molecule has 0 unspecified atom stereocenters. The van der Waals surface area contributed by atoms with Crippen LogP contribution in [-0.4, -0.2) is 20.8 Å². The Balaban J connectivity index is 2.87. The molecule has 0 aliphatic heterocycles. The van der Waals surface area contributed by atoms with Gasteiger partial charge in [0.25, 0.3) is 0 Å². The average molecular weight is 239 g/mol. The smallest absolute Gasteiger partial charge is 0.349 e. The Labute approximate surface area is 82.1 Å². The lowest BCUT2D eigenvalue weighted by molar-refractivity contribution is 0.175. The molecule has 0 aromatic carbocycles. The summed E-state index contributed by atoms with van der Waals surface area (Å²) in [5.41, 5.74) is 4.82. The van der Waals surface area contributed by atoms with Crippen LogP contribution in [0.15, 0.2) is 11.6 Å². The van der Waals surface area contributed by atoms with Crippen LogP contribution in [0.4, 0.5) is 9.93 Å². The highest BCUT2D eigenvalue weighted by Gasteiger charge is 2.26. The van der Waals surface area contributed by atoms with Crippen LogP contribution in [0.25, 0.3) is 0 Å². The molecule has 8 nitrogen and oxygen atoms in total. The Kier molecular flexibility index (Phi) is 3.19. The molecule has 0 spiro atoms. The van der Waals surface area contributed by atoms with Crippen LogP contribution in [-0.2, 0) is 9.19 Å². The third kappa shape index (κ3) is 3.05. The summed E-state index contributed by atoms with van der Waals surface area (Å²) >= 11 is 0.946. The second-order valence-corrected chi connectivity index (χ2v) is 4.04. The predicted octanol–water partition coefficient (Wildman–Crippen LogP) is 0.0525. The SMILES string of the molecule is NC(=O)N(OP(=O)(O)O)c1nccs1. The van der Waals surface area contributed by atoms with E-state index in [1.807, 2.05) is 0 Å². The number of nitrogens with two attached hydrogens (primary N) is 1. The number of aromatic nitrogens is 1. The monoisotopic (exact) mass is 239 g/mol. The fourth-order valence-corrected chi connectivity index (χ4v) is 1.61. The van der Waals surface area contributed by atoms with Crippen molar-refractivity contribution in [3.8, 4) is 0 Å². The van der Waals surface area contributed by atoms with Crippen molar-refractivity contribution in [2.75, 3.05) is 5.06 Å². The number of carbonyl (C=O) groups excluding carboxylic acids is 1. The summed E-state index contributed by atoms with van der Waals surface area (Å²) in [5.74, 6) is 0. The summed E-state index contributed by atoms with van der Waals surface area (Å²) in [6.07, 6.45) is 1.33. The fourth-order valence-electron chi connectivity index (χ4n) is 0.592. The molecule has 1 aromatic heterocycles. The Morgan fingerprint density at radius 3 is 2.71 bits per heavy atom. The summed E-state index contributed by atoms with van der Waals surface area (Å²) < 4.78 is 14.5. The molecular formula is C4H6N3O5PS. The third-order valence-corrected chi connectivity index (χ3v) is 2.10. The van der Waals surface area contributed by atoms with E-state index in [2.05, 4.69) is 9.61 Å². The average Bonchev–Trinajstić information content (AvgIpc) is 2.49. The third-order valence-electron chi connectivity index (χ3n) is 0.981. The van der Waals surface area contributed by atoms with E-state index in [4.69, 9.17) is 15.5 Å². The number of phosphoric acid groups is 1. The van der Waals surface area contributed by atoms with Gasteiger partial charge in [0.15, 0.2) is 0 Å². The molecule has 1 aromatic rings. The molecule has 1 rings (SSSR count). The topological polar surface area (TPSA) is 126 Å². The standard InChI is InChI=1S/C4H6N3O5PS/c5-3(8)7(12-13(9,10)11)4-6-1-2-14-4/h1-2H,(H2,5,8)(H2,9,10,11). The number of rotatable bonds is 3. The van der Waals surface area contributed by atoms with Crippen LogP contribution in [0.3, 0.4) is 0 Å². The molecule has 0 radical (unpaired) electrons. The minimum Gasteiger partial charge on any atom is -0.349 e. The maximum atomic E-state index is 10.7. The van der Waals surface area contributed by atoms with E-state index in [0.29, 0.717) is 0 Å². The molecule has 0 aliphatic carbocycles. The molecule has 0 aliphatic rings. The minimum atomic E-state index is -4.83. The zero-order chi connectivity index (χ0) is 10.8. The van der Waals surface area contributed by atoms with Gasteiger partial charge in [-0.1, -0.05) is 0 Å². The molecule has 14 heavy (non-hydrogen) atoms. The number of hydrogen-bond acceptors (Lipinski definition) is 5. The number of hydrogen-bond donors (Lipinski definition) is 3. The highest BCUT2D eigenvalue weighted by molar-refractivity contribution is 7.46. The van der Waals surface area contributed by atoms with Gasteiger partial charge in [-0.3, -0.25) is 0 Å². The molecule has 0 fully saturated rings. The fraction of sp³-hybridized carbons (Fsp3) is 0. The summed E-state index contributed by atoms with van der Waals surface area (Å²) in [5, 5.41) is 1.68. The van der Waals surface area contributed by atoms with Crippen molar-refractivity contribution in [2.24, 2.45) is 5.73 Å². The molecule has 78 valence electrons. The Morgan fingerprint density at radius 1 is 1.71 bits per heavy atom. The Hall–Kier alpha value is -0.990. The van der Waals surface area contributed by atoms with Gasteiger partial charge >= 0.3 is 13.9 Å². The van der Waals surface area contributed by atoms with Gasteiger partial charge in [0.1, 0.15) is 0 Å². The number of anilines is 1. The molecule has 4 N–H and O–H groups in total. The van der Waals surface area contributed by atoms with Crippen LogP contribution in [0.1, 0.15) is 0 Å². The summed E-state index contributed by atoms with van der Waals surface area (Å²) in [7, 11) is -4.83. The summed E-state index contributed by atoms with van der Waals surface area (Å²) in [4.78, 5) is 31.2. The van der Waals surface area contributed by atoms with Gasteiger partial charge < -0.3 is 15.5 Å². The number of primary amides is 1. The van der Waals surface area contributed by atoms with Gasteiger partial charge in [-0.25, -0.2) is 14.3 Å². The quantitative estimate of drug-likeness (QED) is 0.505. The number of nitrogens with zero attached hydrogens (tertiary/aromatic N) is 2. The summed E-state index contributed by atoms with van der Waals surface area (Å²) in [6.45, 7) is 0. The highest BCUT2D eigenvalue weighted by atomic mass is 32.1. The van der Waals surface area contributed by atoms with Crippen LogP contribution in [0.2, 0.25) is 0 Å². The van der Waals surface area contributed by atoms with Gasteiger partial charge in [-0.2, -0.15) is 4.62 Å². The Bertz CT molecular complexity index is 361. The number of urea groups is 1. The van der Waals surface area contributed by atoms with Crippen LogP contribution >= 0.6 is 19.2 Å². The first kappa shape index (κ1) is 11.1. The maximum Gasteiger partial charge on any atom is 0.491 e. The van der Waals surface area contributed by atoms with Crippen molar-refractivity contribution in [1.82, 2.24) is 4.98 Å². The van der Waals surface area contributed by atoms with Crippen molar-refractivity contribution in [1.29, 1.82) is 0 Å². The zero-order valence-electron chi connectivity index (χ0n) is 6.60. The first-order chi connectivity index (χ1) is 6.40. The van der Waals surface area contributed by atoms with Crippen molar-refractivity contribution in [3.63, 3.8) is 0 Å². The Morgan fingerprint density at radius 2 is 2.36 bits per heavy atom. The molecule has 1 heterocycles. The lowest BCUT2D eigenvalue weighted by Gasteiger charge is -2.15. The lowest BCUT2D eigenvalue weighted by Crippen LogP contribution is -2.34. The van der Waals surface area contributed by atoms with Gasteiger partial charge in [0.2, 0.25) is 5.13 Å². The first-order valence-corrected chi connectivity index (χ1v) is 5.55. The number of carbonyl (C=O) groups is 1. The minimum absolute atomic E-state index is 0.0548. The van der Waals surface area contributed by atoms with Crippen molar-refractivity contribution < 1.29 is 23.8 Å². The molecule has 2 amide bonds. The van der Waals surface area contributed by atoms with Crippen molar-refractivity contribution >= 4 is 30.3 Å². The van der Waals surface area contributed by atoms with E-state index >= 15 is 0 Å². The highest BCUT2D eigenvalue weighted by Crippen LogP contribution is 2.39. The van der Waals surface area contributed by atoms with E-state index < -0.39 is 13.9 Å². The zero-order valence-corrected chi connectivity index (χ0v) is 8.31. The van der Waals surface area contributed by atoms with Crippen LogP contribution in [0, 0.1) is 0 Å². The summed E-state index contributed by atoms with van der Waals surface area (Å²) in [6, 6.07) is -1.16. The lowest BCUT2D eigenvalue weighted by atomic mass is 10.9. The first-order valence-electron chi connectivity index (χ1n) is 3.14. The van der Waals surface area contributed by atoms with Crippen LogP contribution in [0.5, 0.6) is 0 Å². The number of hydroxylamine groups is 1. The second-order valence-electron chi connectivity index (χ2n) is 2.02. The van der Waals surface area contributed by atoms with Gasteiger partial charge in [-0.15, -0.1) is 16.4 Å². The molecule has 0 atom stereocenters. The van der Waals surface area contributed by atoms with E-state index in [9.17, 15) is 9.36 Å². The van der Waals surface area contributed by atoms with Crippen molar-refractivity contribution in [2.45, 2.75) is 0 Å². The van der Waals surface area contributed by atoms with E-state index in [-0.39, 0.29) is 10.2 Å². The van der Waals surface area contributed by atoms with E-state index in [1.54, 1.807) is 0 Å². The molecule has 0 bridgehead atoms. The largest absolute Gasteiger partial charge is 0.491 e. The number of thiazole rings is 1. The molecule has 0 saturated carbocycles. The molecule has 0 saturated heterocycles. The van der Waals surface area contributed by atoms with E-state index in [0.717, 1.165) is 11.3 Å². The van der Waals surface area contributed by atoms with Crippen molar-refractivity contribution in [3.05, 3.63) is 11.6 Å². The van der Waals surface area contributed by atoms with E-state index in [1.165, 1.54) is 11.6 Å². The van der Waals surface area contributed by atoms with Crippen LogP contribution < -0.4 is 10.8 Å². The molecular weight excluding hydrogens is 233 g/mol. The molecule has 10 heteroatoms.